The molecule has 3 nitrogen and oxygen atoms in total. The highest BCUT2D eigenvalue weighted by molar-refractivity contribution is 5.57. The van der Waals surface area contributed by atoms with E-state index in [1.807, 2.05) is 11.1 Å². The zero-order chi connectivity index (χ0) is 17.3. The van der Waals surface area contributed by atoms with Crippen LogP contribution in [-0.2, 0) is 6.54 Å². The zero-order valence-corrected chi connectivity index (χ0v) is 14.3. The van der Waals surface area contributed by atoms with Crippen molar-refractivity contribution in [2.24, 2.45) is 5.92 Å². The first-order valence-corrected chi connectivity index (χ1v) is 8.37. The molecule has 1 aromatic rings. The van der Waals surface area contributed by atoms with Crippen LogP contribution in [0.3, 0.4) is 0 Å². The predicted molar refractivity (Wildman–Crippen MR) is 92.7 cm³/mol. The second-order valence-electron chi connectivity index (χ2n) is 6.76. The third kappa shape index (κ3) is 3.56. The van der Waals surface area contributed by atoms with E-state index in [0.717, 1.165) is 11.1 Å². The lowest BCUT2D eigenvalue weighted by Crippen LogP contribution is -2.31. The summed E-state index contributed by atoms with van der Waals surface area (Å²) in [4.78, 5) is 6.42. The van der Waals surface area contributed by atoms with Gasteiger partial charge in [0, 0.05) is 25.3 Å². The number of hydrogen-bond donors (Lipinski definition) is 1. The van der Waals surface area contributed by atoms with Gasteiger partial charge >= 0.3 is 0 Å². The molecule has 0 aromatic carbocycles. The maximum Gasteiger partial charge on any atom is 0.146 e. The van der Waals surface area contributed by atoms with Gasteiger partial charge in [0.2, 0.25) is 0 Å². The molecule has 1 aliphatic heterocycles. The van der Waals surface area contributed by atoms with E-state index in [1.165, 1.54) is 6.07 Å². The Kier molecular flexibility index (Phi) is 4.81. The molecule has 3 rings (SSSR count). The largest absolute Gasteiger partial charge is 0.328 e. The lowest BCUT2D eigenvalue weighted by molar-refractivity contribution is 0.418. The smallest absolute Gasteiger partial charge is 0.146 e. The highest BCUT2D eigenvalue weighted by Gasteiger charge is 2.23. The highest BCUT2D eigenvalue weighted by atomic mass is 19.1. The van der Waals surface area contributed by atoms with Crippen LogP contribution in [0, 0.1) is 11.7 Å². The summed E-state index contributed by atoms with van der Waals surface area (Å²) in [6.07, 6.45) is 5.70. The Morgan fingerprint density at radius 1 is 1.21 bits per heavy atom. The Bertz CT molecular complexity index is 719. The molecule has 0 amide bonds. The molecule has 128 valence electrons. The fourth-order valence-electron chi connectivity index (χ4n) is 2.75. The summed E-state index contributed by atoms with van der Waals surface area (Å²) in [7, 11) is 0. The number of aromatic nitrogens is 1. The summed E-state index contributed by atoms with van der Waals surface area (Å²) in [5, 5.41) is 3.31. The van der Waals surface area contributed by atoms with Crippen LogP contribution in [0.4, 0.5) is 14.6 Å². The Labute approximate surface area is 141 Å². The van der Waals surface area contributed by atoms with Crippen LogP contribution in [0.1, 0.15) is 32.9 Å². The van der Waals surface area contributed by atoms with E-state index >= 15 is 0 Å². The molecule has 0 saturated heterocycles. The summed E-state index contributed by atoms with van der Waals surface area (Å²) >= 11 is 0. The Balaban J connectivity index is 1.75. The number of pyridine rings is 1. The normalized spacial score (nSPS) is 18.2. The van der Waals surface area contributed by atoms with Gasteiger partial charge in [-0.3, -0.25) is 0 Å². The predicted octanol–water partition coefficient (Wildman–Crippen LogP) is 4.24. The molecular weight excluding hydrogens is 308 g/mol. The minimum absolute atomic E-state index is 0.191. The van der Waals surface area contributed by atoms with E-state index in [-0.39, 0.29) is 17.7 Å². The molecule has 2 heterocycles. The molecule has 0 spiro atoms. The first-order valence-electron chi connectivity index (χ1n) is 8.37. The summed E-state index contributed by atoms with van der Waals surface area (Å²) in [6.45, 7) is 7.29. The highest BCUT2D eigenvalue weighted by Crippen LogP contribution is 2.32. The quantitative estimate of drug-likeness (QED) is 0.874. The van der Waals surface area contributed by atoms with Gasteiger partial charge in [-0.2, -0.15) is 0 Å². The molecule has 1 atom stereocenters. The Hall–Kier alpha value is -2.01. The first kappa shape index (κ1) is 16.8. The van der Waals surface area contributed by atoms with Crippen molar-refractivity contribution in [3.8, 4) is 0 Å². The molecule has 0 radical (unpaired) electrons. The second kappa shape index (κ2) is 6.85. The van der Waals surface area contributed by atoms with Gasteiger partial charge in [-0.15, -0.1) is 0 Å². The molecule has 24 heavy (non-hydrogen) atoms. The van der Waals surface area contributed by atoms with Crippen molar-refractivity contribution < 1.29 is 8.78 Å². The molecular formula is C19H23F2N3. The van der Waals surface area contributed by atoms with E-state index < -0.39 is 0 Å². The summed E-state index contributed by atoms with van der Waals surface area (Å²) in [6, 6.07) is 3.40. The van der Waals surface area contributed by atoms with Gasteiger partial charge in [0.15, 0.2) is 0 Å². The molecule has 1 N–H and O–H groups in total. The number of hydrogen-bond acceptors (Lipinski definition) is 3. The van der Waals surface area contributed by atoms with Gasteiger partial charge in [-0.1, -0.05) is 13.8 Å². The standard InChI is InChI=1S/C19H23F2N3/c1-12(2)13(3)22-9-18-17(21)6-7-19(23-18)24-10-14-4-5-16(20)8-15(14)11-24/h5-8,10,12-13,22H,4,9,11H2,1-3H3/t13-/m1/s1. The van der Waals surface area contributed by atoms with E-state index in [1.54, 1.807) is 18.2 Å². The topological polar surface area (TPSA) is 28.2 Å². The number of allylic oxidation sites excluding steroid dienone is 3. The number of fused-ring (bicyclic) bond motifs is 1. The molecule has 0 bridgehead atoms. The van der Waals surface area contributed by atoms with Crippen LogP contribution in [0.25, 0.3) is 0 Å². The molecule has 2 aliphatic rings. The van der Waals surface area contributed by atoms with Crippen molar-refractivity contribution in [2.45, 2.75) is 39.8 Å². The second-order valence-corrected chi connectivity index (χ2v) is 6.76. The SMILES string of the molecule is CC(C)[C@@H](C)NCc1nc(N2C=C3CC=C(F)C=C3C2)ccc1F. The Morgan fingerprint density at radius 2 is 2.00 bits per heavy atom. The van der Waals surface area contributed by atoms with Crippen molar-refractivity contribution in [1.29, 1.82) is 0 Å². The average Bonchev–Trinajstić information content (AvgIpc) is 2.96. The number of rotatable bonds is 5. The molecule has 1 aliphatic carbocycles. The number of anilines is 1. The summed E-state index contributed by atoms with van der Waals surface area (Å²) in [5.41, 5.74) is 2.47. The van der Waals surface area contributed by atoms with Crippen LogP contribution < -0.4 is 10.2 Å². The number of nitrogens with zero attached hydrogens (tertiary/aromatic N) is 2. The van der Waals surface area contributed by atoms with Gasteiger partial charge in [0.1, 0.15) is 17.5 Å². The van der Waals surface area contributed by atoms with Crippen molar-refractivity contribution in [1.82, 2.24) is 10.3 Å². The summed E-state index contributed by atoms with van der Waals surface area (Å²) in [5.74, 6) is 0.660. The lowest BCUT2D eigenvalue weighted by Gasteiger charge is -2.19. The minimum Gasteiger partial charge on any atom is -0.328 e. The third-order valence-corrected chi connectivity index (χ3v) is 4.68. The van der Waals surface area contributed by atoms with Gasteiger partial charge in [0.05, 0.1) is 5.69 Å². The zero-order valence-electron chi connectivity index (χ0n) is 14.3. The maximum atomic E-state index is 14.0. The van der Waals surface area contributed by atoms with Gasteiger partial charge in [-0.05, 0) is 54.7 Å². The minimum atomic E-state index is -0.307. The lowest BCUT2D eigenvalue weighted by atomic mass is 10.0. The van der Waals surface area contributed by atoms with Crippen molar-refractivity contribution in [2.75, 3.05) is 11.4 Å². The van der Waals surface area contributed by atoms with Gasteiger partial charge < -0.3 is 10.2 Å². The Morgan fingerprint density at radius 3 is 2.75 bits per heavy atom. The number of nitrogens with one attached hydrogen (secondary N) is 1. The van der Waals surface area contributed by atoms with Crippen LogP contribution in [-0.4, -0.2) is 17.6 Å². The third-order valence-electron chi connectivity index (χ3n) is 4.68. The van der Waals surface area contributed by atoms with E-state index in [0.29, 0.717) is 36.9 Å². The molecule has 0 saturated carbocycles. The fraction of sp³-hybridized carbons (Fsp3) is 0.421. The van der Waals surface area contributed by atoms with Crippen LogP contribution in [0.2, 0.25) is 0 Å². The van der Waals surface area contributed by atoms with E-state index in [4.69, 9.17) is 0 Å². The van der Waals surface area contributed by atoms with Crippen molar-refractivity contribution in [3.05, 3.63) is 59.0 Å². The molecule has 5 heteroatoms. The monoisotopic (exact) mass is 331 g/mol. The van der Waals surface area contributed by atoms with Crippen LogP contribution >= 0.6 is 0 Å². The molecule has 0 fully saturated rings. The van der Waals surface area contributed by atoms with Crippen LogP contribution in [0.5, 0.6) is 0 Å². The number of halogens is 2. The summed E-state index contributed by atoms with van der Waals surface area (Å²) < 4.78 is 27.4. The molecule has 1 aromatic heterocycles. The molecule has 0 unspecified atom stereocenters. The maximum absolute atomic E-state index is 14.0. The van der Waals surface area contributed by atoms with E-state index in [2.05, 4.69) is 31.1 Å². The average molecular weight is 331 g/mol. The van der Waals surface area contributed by atoms with Crippen LogP contribution in [0.15, 0.2) is 47.5 Å². The van der Waals surface area contributed by atoms with Gasteiger partial charge in [0.25, 0.3) is 0 Å². The van der Waals surface area contributed by atoms with Gasteiger partial charge in [-0.25, -0.2) is 13.8 Å². The van der Waals surface area contributed by atoms with E-state index in [9.17, 15) is 8.78 Å². The van der Waals surface area contributed by atoms with Crippen molar-refractivity contribution >= 4 is 5.82 Å². The first-order chi connectivity index (χ1) is 11.4. The van der Waals surface area contributed by atoms with Crippen molar-refractivity contribution in [3.63, 3.8) is 0 Å². The fourth-order valence-corrected chi connectivity index (χ4v) is 2.75.